The van der Waals surface area contributed by atoms with Crippen molar-refractivity contribution < 1.29 is 80.4 Å². The van der Waals surface area contributed by atoms with E-state index < -0.39 is 54.0 Å². The number of carbonyl (C=O) groups excluding carboxylic acids is 2. The second-order valence-electron chi connectivity index (χ2n) is 13.9. The van der Waals surface area contributed by atoms with Crippen molar-refractivity contribution in [3.63, 3.8) is 0 Å². The Kier molecular flexibility index (Phi) is 11.3. The molecule has 0 radical (unpaired) electrons. The number of ether oxygens (including phenoxy) is 3. The van der Waals surface area contributed by atoms with Crippen molar-refractivity contribution in [3.8, 4) is 23.0 Å². The minimum atomic E-state index is -5.66. The molecule has 8 rings (SSSR count). The minimum Gasteiger partial charge on any atom is -0.508 e. The standard InChI is InChI=1S/C35H35N6O17P3/c42-20-4-8-25-28(14-20)55-29-15-21(43)5-9-26(29)35(25)27-13-19(3-7-23(27)34(45)56-35)33(44)37-12-2-1-11-36-31-24-16-40-41(32(24)39-18-38-31)30-10-6-22(54-30)17-53-60(49,50)58-61(51,52)57-59(46,47)48/h3-5,7-9,13-16,18,22,30,42-43H,1-2,6,10-12,17H2,(H,37,44)(H,49,50)(H,51,52)(H,36,38,39)(H2,46,47,48)/t22-,30+/m0/s1. The molecule has 23 nitrogen and oxygen atoms in total. The molecule has 0 aliphatic carbocycles. The highest BCUT2D eigenvalue weighted by Gasteiger charge is 2.54. The number of amides is 1. The molecule has 26 heteroatoms. The summed E-state index contributed by atoms with van der Waals surface area (Å²) in [6.07, 6.45) is 3.23. The number of rotatable bonds is 15. The largest absolute Gasteiger partial charge is 0.508 e. The first-order valence-electron chi connectivity index (χ1n) is 18.3. The van der Waals surface area contributed by atoms with E-state index in [2.05, 4.69) is 34.3 Å². The van der Waals surface area contributed by atoms with Crippen LogP contribution in [0.25, 0.3) is 11.0 Å². The number of esters is 1. The number of benzene rings is 3. The quantitative estimate of drug-likeness (QED) is 0.0409. The van der Waals surface area contributed by atoms with Gasteiger partial charge in [-0.3, -0.25) is 9.32 Å². The van der Waals surface area contributed by atoms with E-state index in [0.29, 0.717) is 72.3 Å². The second-order valence-corrected chi connectivity index (χ2v) is 18.3. The summed E-state index contributed by atoms with van der Waals surface area (Å²) in [5, 5.41) is 31.5. The first kappa shape index (κ1) is 42.4. The summed E-state index contributed by atoms with van der Waals surface area (Å²) >= 11 is 0. The number of aromatic hydroxyl groups is 2. The number of carbonyl (C=O) groups is 2. The number of aromatic nitrogens is 4. The molecule has 0 bridgehead atoms. The Morgan fingerprint density at radius 1 is 0.869 bits per heavy atom. The Bertz CT molecular complexity index is 2660. The minimum absolute atomic E-state index is 0.0821. The average Bonchev–Trinajstić information content (AvgIpc) is 3.90. The van der Waals surface area contributed by atoms with Gasteiger partial charge in [0.15, 0.2) is 17.5 Å². The summed E-state index contributed by atoms with van der Waals surface area (Å²) in [4.78, 5) is 71.8. The first-order chi connectivity index (χ1) is 28.9. The van der Waals surface area contributed by atoms with Crippen LogP contribution in [0.15, 0.2) is 67.1 Å². The van der Waals surface area contributed by atoms with Gasteiger partial charge in [0.2, 0.25) is 0 Å². The predicted molar refractivity (Wildman–Crippen MR) is 206 cm³/mol. The van der Waals surface area contributed by atoms with Crippen LogP contribution in [0.4, 0.5) is 5.82 Å². The normalized spacial score (nSPS) is 19.6. The maximum Gasteiger partial charge on any atom is 0.490 e. The lowest BCUT2D eigenvalue weighted by Crippen LogP contribution is -2.33. The fourth-order valence-corrected chi connectivity index (χ4v) is 10.3. The van der Waals surface area contributed by atoms with Crippen LogP contribution in [0.2, 0.25) is 0 Å². The van der Waals surface area contributed by atoms with Crippen molar-refractivity contribution >= 4 is 52.2 Å². The molecule has 3 aliphatic rings. The monoisotopic (exact) mass is 904 g/mol. The van der Waals surface area contributed by atoms with Gasteiger partial charge >= 0.3 is 29.4 Å². The number of nitrogens with zero attached hydrogens (tertiary/aromatic N) is 4. The van der Waals surface area contributed by atoms with E-state index in [1.807, 2.05) is 0 Å². The van der Waals surface area contributed by atoms with Crippen molar-refractivity contribution in [1.82, 2.24) is 25.1 Å². The predicted octanol–water partition coefficient (Wildman–Crippen LogP) is 4.45. The third-order valence-corrected chi connectivity index (χ3v) is 13.6. The number of unbranched alkanes of at least 4 members (excludes halogenated alkanes) is 1. The third kappa shape index (κ3) is 8.77. The van der Waals surface area contributed by atoms with E-state index in [4.69, 9.17) is 28.5 Å². The Labute approximate surface area is 343 Å². The van der Waals surface area contributed by atoms with E-state index in [9.17, 15) is 43.3 Å². The van der Waals surface area contributed by atoms with Gasteiger partial charge in [0, 0.05) is 47.5 Å². The van der Waals surface area contributed by atoms with Crippen molar-refractivity contribution in [2.24, 2.45) is 0 Å². The second kappa shape index (κ2) is 16.2. The van der Waals surface area contributed by atoms with Gasteiger partial charge in [-0.25, -0.2) is 33.1 Å². The number of fused-ring (bicyclic) bond motifs is 7. The van der Waals surface area contributed by atoms with Crippen molar-refractivity contribution in [3.05, 3.63) is 94.9 Å². The van der Waals surface area contributed by atoms with Gasteiger partial charge in [0.05, 0.1) is 29.9 Å². The molecular weight excluding hydrogens is 869 g/mol. The van der Waals surface area contributed by atoms with Gasteiger partial charge in [-0.05, 0) is 68.1 Å². The van der Waals surface area contributed by atoms with E-state index in [0.717, 1.165) is 0 Å². The lowest BCUT2D eigenvalue weighted by Gasteiger charge is -2.36. The molecule has 61 heavy (non-hydrogen) atoms. The number of anilines is 1. The number of phenolic OH excluding ortho intramolecular Hbond substituents is 2. The van der Waals surface area contributed by atoms with Gasteiger partial charge in [-0.15, -0.1) is 0 Å². The molecule has 2 unspecified atom stereocenters. The molecule has 1 amide bonds. The zero-order valence-corrected chi connectivity index (χ0v) is 33.9. The molecule has 4 atom stereocenters. The summed E-state index contributed by atoms with van der Waals surface area (Å²) in [6.45, 7) is 0.184. The number of nitrogens with one attached hydrogen (secondary N) is 2. The summed E-state index contributed by atoms with van der Waals surface area (Å²) in [5.41, 5.74) is 0.697. The fraction of sp³-hybridized carbons (Fsp3) is 0.286. The van der Waals surface area contributed by atoms with Crippen molar-refractivity contribution in [2.45, 2.75) is 43.6 Å². The lowest BCUT2D eigenvalue weighted by atomic mass is 9.77. The van der Waals surface area contributed by atoms with Crippen LogP contribution in [0.3, 0.4) is 0 Å². The molecule has 1 fully saturated rings. The number of phenols is 2. The molecule has 2 aromatic heterocycles. The molecule has 5 heterocycles. The average molecular weight is 905 g/mol. The van der Waals surface area contributed by atoms with Crippen LogP contribution >= 0.6 is 23.5 Å². The zero-order chi connectivity index (χ0) is 43.3. The molecule has 8 N–H and O–H groups in total. The summed E-state index contributed by atoms with van der Waals surface area (Å²) in [6, 6.07) is 13.5. The third-order valence-electron chi connectivity index (χ3n) is 9.81. The van der Waals surface area contributed by atoms with E-state index in [-0.39, 0.29) is 40.0 Å². The van der Waals surface area contributed by atoms with E-state index in [1.54, 1.807) is 18.2 Å². The first-order valence-corrected chi connectivity index (χ1v) is 22.8. The number of phosphoric acid groups is 3. The van der Waals surface area contributed by atoms with Crippen LogP contribution in [0.1, 0.15) is 69.3 Å². The Morgan fingerprint density at radius 2 is 1.57 bits per heavy atom. The summed E-state index contributed by atoms with van der Waals surface area (Å²) in [5.74, 6) is -0.251. The topological polar surface area (TPSA) is 330 Å². The number of hydrogen-bond donors (Lipinski definition) is 8. The van der Waals surface area contributed by atoms with Crippen molar-refractivity contribution in [2.75, 3.05) is 25.0 Å². The van der Waals surface area contributed by atoms with Gasteiger partial charge in [0.1, 0.15) is 35.1 Å². The van der Waals surface area contributed by atoms with Crippen LogP contribution in [-0.4, -0.2) is 87.2 Å². The molecule has 3 aromatic carbocycles. The molecular formula is C35H35N6O17P3. The van der Waals surface area contributed by atoms with Gasteiger partial charge in [-0.2, -0.15) is 13.7 Å². The van der Waals surface area contributed by atoms with E-state index in [1.165, 1.54) is 53.6 Å². The van der Waals surface area contributed by atoms with Crippen LogP contribution in [0.5, 0.6) is 23.0 Å². The van der Waals surface area contributed by atoms with E-state index >= 15 is 0 Å². The highest BCUT2D eigenvalue weighted by Crippen LogP contribution is 2.66. The molecule has 1 saturated heterocycles. The van der Waals surface area contributed by atoms with Crippen LogP contribution in [-0.2, 0) is 41.9 Å². The zero-order valence-electron chi connectivity index (χ0n) is 31.3. The number of hydrogen-bond acceptors (Lipinski definition) is 17. The van der Waals surface area contributed by atoms with Gasteiger partial charge < -0.3 is 54.6 Å². The molecule has 322 valence electrons. The molecule has 1 spiro atoms. The lowest BCUT2D eigenvalue weighted by molar-refractivity contribution is -0.0259. The van der Waals surface area contributed by atoms with Gasteiger partial charge in [0.25, 0.3) is 5.91 Å². The summed E-state index contributed by atoms with van der Waals surface area (Å²) in [7, 11) is -16.5. The van der Waals surface area contributed by atoms with Crippen LogP contribution in [0, 0.1) is 0 Å². The van der Waals surface area contributed by atoms with Gasteiger partial charge in [-0.1, -0.05) is 0 Å². The number of phosphoric ester groups is 1. The van der Waals surface area contributed by atoms with Crippen molar-refractivity contribution in [1.29, 1.82) is 0 Å². The highest BCUT2D eigenvalue weighted by molar-refractivity contribution is 7.66. The summed E-state index contributed by atoms with van der Waals surface area (Å²) < 4.78 is 66.1. The Hall–Kier alpha value is -5.28. The SMILES string of the molecule is O=C(NCCCCNc1ncnc2c1cnn2[C@H]1CC[C@@H](COP(=O)(O)OP(=O)(O)OP(=O)(O)O)O1)c1ccc2c(c1)C1(OC2=O)c2ccc(O)cc2Oc2cc(O)ccc21. The Morgan fingerprint density at radius 3 is 2.28 bits per heavy atom. The van der Waals surface area contributed by atoms with Crippen LogP contribution < -0.4 is 15.4 Å². The fourth-order valence-electron chi connectivity index (χ4n) is 7.28. The molecule has 5 aromatic rings. The highest BCUT2D eigenvalue weighted by atomic mass is 31.3. The molecule has 0 saturated carbocycles. The maximum absolute atomic E-state index is 13.4. The smallest absolute Gasteiger partial charge is 0.490 e. The Balaban J connectivity index is 0.851. The maximum atomic E-state index is 13.4. The molecule has 3 aliphatic heterocycles.